The highest BCUT2D eigenvalue weighted by atomic mass is 16.6. The van der Waals surface area contributed by atoms with Gasteiger partial charge in [0.15, 0.2) is 11.4 Å². The third-order valence-electron chi connectivity index (χ3n) is 10.3. The maximum Gasteiger partial charge on any atom is 0.373 e. The quantitative estimate of drug-likeness (QED) is 0.310. The van der Waals surface area contributed by atoms with Gasteiger partial charge in [-0.3, -0.25) is 4.79 Å². The van der Waals surface area contributed by atoms with Crippen molar-refractivity contribution in [3.8, 4) is 17.2 Å². The molecule has 7 rings (SSSR count). The van der Waals surface area contributed by atoms with Crippen LogP contribution in [0, 0.1) is 11.8 Å². The molecular weight excluding hydrogens is 584 g/mol. The second-order valence-electron chi connectivity index (χ2n) is 14.4. The molecule has 5 unspecified atom stereocenters. The van der Waals surface area contributed by atoms with Gasteiger partial charge in [0.2, 0.25) is 0 Å². The van der Waals surface area contributed by atoms with Crippen molar-refractivity contribution in [2.75, 3.05) is 0 Å². The van der Waals surface area contributed by atoms with Crippen molar-refractivity contribution in [2.45, 2.75) is 116 Å². The molecule has 3 aliphatic heterocycles. The smallest absolute Gasteiger partial charge is 0.373 e. The first-order valence-corrected chi connectivity index (χ1v) is 16.1. The molecule has 1 aromatic rings. The molecule has 4 bridgehead atoms. The highest BCUT2D eigenvalue weighted by molar-refractivity contribution is 6.16. The summed E-state index contributed by atoms with van der Waals surface area (Å²) in [6.07, 6.45) is 16.6. The zero-order chi connectivity index (χ0) is 33.8. The van der Waals surface area contributed by atoms with E-state index in [0.29, 0.717) is 41.9 Å². The Morgan fingerprint density at radius 2 is 1.74 bits per heavy atom. The lowest BCUT2D eigenvalue weighted by Gasteiger charge is -2.59. The molecule has 1 aromatic carbocycles. The largest absolute Gasteiger partial charge is 0.506 e. The summed E-state index contributed by atoms with van der Waals surface area (Å²) in [4.78, 5) is 30.9. The average Bonchev–Trinajstić information content (AvgIpc) is 3.13. The van der Waals surface area contributed by atoms with Crippen LogP contribution in [-0.2, 0) is 20.7 Å². The van der Waals surface area contributed by atoms with Gasteiger partial charge in [-0.2, -0.15) is 9.59 Å². The van der Waals surface area contributed by atoms with Crippen LogP contribution in [0.25, 0.3) is 6.08 Å². The number of rotatable bonds is 7. The number of carbonyl (C=O) groups excluding carboxylic acids is 3. The van der Waals surface area contributed by atoms with E-state index in [-0.39, 0.29) is 35.1 Å². The molecule has 1 saturated heterocycles. The molecular formula is C38H46O8. The lowest BCUT2D eigenvalue weighted by molar-refractivity contribution is -0.204. The molecule has 1 spiro atoms. The van der Waals surface area contributed by atoms with Gasteiger partial charge in [-0.1, -0.05) is 41.5 Å². The molecule has 3 heterocycles. The third kappa shape index (κ3) is 4.93. The Kier molecular flexibility index (Phi) is 8.65. The number of ketones is 1. The number of benzene rings is 1. The number of allylic oxidation sites excluding steroid dienone is 5. The average molecular weight is 631 g/mol. The maximum atomic E-state index is 14.7. The number of hydrogen-bond donors (Lipinski definition) is 2. The fourth-order valence-electron chi connectivity index (χ4n) is 8.31. The van der Waals surface area contributed by atoms with E-state index in [2.05, 4.69) is 32.9 Å². The second-order valence-corrected chi connectivity index (χ2v) is 14.4. The van der Waals surface area contributed by atoms with E-state index >= 15 is 0 Å². The first-order chi connectivity index (χ1) is 21.6. The predicted molar refractivity (Wildman–Crippen MR) is 174 cm³/mol. The fraction of sp³-hybridized carbons (Fsp3) is 0.526. The second kappa shape index (κ2) is 11.8. The van der Waals surface area contributed by atoms with E-state index in [1.807, 2.05) is 65.0 Å². The minimum atomic E-state index is -1.20. The molecule has 2 N–H and O–H groups in total. The van der Waals surface area contributed by atoms with Gasteiger partial charge in [-0.25, -0.2) is 0 Å². The van der Waals surface area contributed by atoms with E-state index in [1.165, 1.54) is 5.57 Å². The number of phenolic OH excluding ortho intramolecular Hbond substituents is 1. The van der Waals surface area contributed by atoms with Crippen LogP contribution >= 0.6 is 0 Å². The highest BCUT2D eigenvalue weighted by Crippen LogP contribution is 2.69. The fourth-order valence-corrected chi connectivity index (χ4v) is 8.31. The van der Waals surface area contributed by atoms with E-state index < -0.39 is 28.5 Å². The first-order valence-electron chi connectivity index (χ1n) is 16.1. The van der Waals surface area contributed by atoms with Crippen molar-refractivity contribution in [3.05, 3.63) is 69.9 Å². The summed E-state index contributed by atoms with van der Waals surface area (Å²) < 4.78 is 20.9. The van der Waals surface area contributed by atoms with Gasteiger partial charge in [0, 0.05) is 29.4 Å². The van der Waals surface area contributed by atoms with Crippen LogP contribution in [-0.4, -0.2) is 50.7 Å². The number of aromatic hydroxyl groups is 1. The summed E-state index contributed by atoms with van der Waals surface area (Å²) in [5, 5.41) is 23.6. The van der Waals surface area contributed by atoms with Crippen molar-refractivity contribution >= 4 is 18.0 Å². The van der Waals surface area contributed by atoms with Crippen molar-refractivity contribution in [2.24, 2.45) is 11.8 Å². The lowest BCUT2D eigenvalue weighted by atomic mass is 9.50. The Hall–Kier alpha value is -3.71. The van der Waals surface area contributed by atoms with Crippen molar-refractivity contribution in [1.82, 2.24) is 0 Å². The minimum Gasteiger partial charge on any atom is -0.506 e. The predicted octanol–water partition coefficient (Wildman–Crippen LogP) is 6.99. The topological polar surface area (TPSA) is 119 Å². The van der Waals surface area contributed by atoms with Crippen LogP contribution < -0.4 is 9.47 Å². The molecule has 0 aromatic heterocycles. The summed E-state index contributed by atoms with van der Waals surface area (Å²) >= 11 is 0. The molecule has 6 aliphatic rings. The molecule has 8 heteroatoms. The van der Waals surface area contributed by atoms with Crippen LogP contribution in [0.5, 0.6) is 17.2 Å². The maximum absolute atomic E-state index is 14.7. The third-order valence-corrected chi connectivity index (χ3v) is 10.3. The van der Waals surface area contributed by atoms with Crippen LogP contribution in [0.4, 0.5) is 0 Å². The standard InChI is InChI=1S/C37H46O6.CO2/c1-9-10-17-36-33(40)23-19-26-30(39)28-29(38)24-15-18-35(8,16-11-12-21(2)3)41-31(24)25(14-13-22(4)5)32(28)42-37(26,36)27(20-23)34(6,7)43-36;2-1-3/h9-10,12-13,15,18-19,23,27,33,38,40H,11,14,16-17,20H2,1-8H3;/b10-9+;/t23?,27?,33?,35-,36?,37?;/m1./s1. The molecule has 0 amide bonds. The molecule has 2 fully saturated rings. The summed E-state index contributed by atoms with van der Waals surface area (Å²) in [5.74, 6) is 0.122. The zero-order valence-electron chi connectivity index (χ0n) is 28.2. The van der Waals surface area contributed by atoms with Gasteiger partial charge >= 0.3 is 6.15 Å². The van der Waals surface area contributed by atoms with Gasteiger partial charge in [0.1, 0.15) is 34.0 Å². The number of aliphatic hydroxyl groups excluding tert-OH is 1. The normalized spacial score (nSPS) is 32.1. The van der Waals surface area contributed by atoms with Crippen molar-refractivity contribution in [3.63, 3.8) is 0 Å². The van der Waals surface area contributed by atoms with Crippen molar-refractivity contribution < 1.29 is 38.8 Å². The monoisotopic (exact) mass is 630 g/mol. The van der Waals surface area contributed by atoms with Gasteiger partial charge < -0.3 is 24.4 Å². The lowest BCUT2D eigenvalue weighted by Crippen LogP contribution is -2.73. The minimum absolute atomic E-state index is 0.119. The summed E-state index contributed by atoms with van der Waals surface area (Å²) in [5.41, 5.74) is 0.705. The number of phenols is 1. The Labute approximate surface area is 271 Å². The SMILES string of the molecule is C/C=C/CC12OC(C)(C)C3CC(C=C4C(=O)c5c(O)c6c(c(CC=C(C)C)c5OC431)O[C@](C)(CCC=C(C)C)C=C6)C2O.O=C=O. The van der Waals surface area contributed by atoms with Crippen LogP contribution in [0.2, 0.25) is 0 Å². The molecule has 246 valence electrons. The zero-order valence-corrected chi connectivity index (χ0v) is 28.2. The van der Waals surface area contributed by atoms with Crippen LogP contribution in [0.1, 0.15) is 103 Å². The van der Waals surface area contributed by atoms with E-state index in [1.54, 1.807) is 0 Å². The molecule has 0 radical (unpaired) electrons. The molecule has 46 heavy (non-hydrogen) atoms. The Morgan fingerprint density at radius 3 is 2.37 bits per heavy atom. The van der Waals surface area contributed by atoms with Crippen molar-refractivity contribution in [1.29, 1.82) is 0 Å². The van der Waals surface area contributed by atoms with E-state index in [0.717, 1.165) is 24.0 Å². The Bertz CT molecular complexity index is 1630. The highest BCUT2D eigenvalue weighted by Gasteiger charge is 2.80. The summed E-state index contributed by atoms with van der Waals surface area (Å²) in [6, 6.07) is 0. The van der Waals surface area contributed by atoms with Crippen LogP contribution in [0.3, 0.4) is 0 Å². The number of fused-ring (bicyclic) bond motifs is 2. The van der Waals surface area contributed by atoms with Crippen LogP contribution in [0.15, 0.2) is 53.2 Å². The first kappa shape index (κ1) is 33.6. The number of carbonyl (C=O) groups is 1. The number of aliphatic hydroxyl groups is 1. The van der Waals surface area contributed by atoms with Gasteiger partial charge in [-0.15, -0.1) is 0 Å². The molecule has 1 saturated carbocycles. The Morgan fingerprint density at radius 1 is 1.07 bits per heavy atom. The summed E-state index contributed by atoms with van der Waals surface area (Å²) in [7, 11) is 0. The molecule has 6 atom stereocenters. The number of Topliss-reactive ketones (excluding diaryl/α,β-unsaturated/α-hetero) is 1. The Balaban J connectivity index is 0.00000134. The number of ether oxygens (including phenoxy) is 3. The molecule has 3 aliphatic carbocycles. The molecule has 8 nitrogen and oxygen atoms in total. The van der Waals surface area contributed by atoms with Gasteiger partial charge in [0.25, 0.3) is 0 Å². The van der Waals surface area contributed by atoms with E-state index in [4.69, 9.17) is 23.8 Å². The van der Waals surface area contributed by atoms with Gasteiger partial charge in [0.05, 0.1) is 17.3 Å². The van der Waals surface area contributed by atoms with E-state index in [9.17, 15) is 15.0 Å². The summed E-state index contributed by atoms with van der Waals surface area (Å²) in [6.45, 7) is 16.3. The van der Waals surface area contributed by atoms with Gasteiger partial charge in [-0.05, 0) is 93.2 Å². The number of hydrogen-bond acceptors (Lipinski definition) is 8.